The van der Waals surface area contributed by atoms with Gasteiger partial charge in [0.25, 0.3) is 0 Å². The summed E-state index contributed by atoms with van der Waals surface area (Å²) in [5.74, 6) is 0.544. The van der Waals surface area contributed by atoms with Crippen LogP contribution in [0, 0.1) is 18.3 Å². The minimum Gasteiger partial charge on any atom is -0.353 e. The predicted octanol–water partition coefficient (Wildman–Crippen LogP) is 1.55. The largest absolute Gasteiger partial charge is 0.353 e. The SMILES string of the molecule is Cc1cc(C#N)nc(NCC(C)N(C)C2CC2)n1. The highest BCUT2D eigenvalue weighted by Crippen LogP contribution is 2.26. The lowest BCUT2D eigenvalue weighted by molar-refractivity contribution is 0.257. The van der Waals surface area contributed by atoms with Gasteiger partial charge in [0.2, 0.25) is 5.95 Å². The highest BCUT2D eigenvalue weighted by atomic mass is 15.2. The monoisotopic (exact) mass is 245 g/mol. The van der Waals surface area contributed by atoms with Crippen molar-refractivity contribution in [2.45, 2.75) is 38.8 Å². The van der Waals surface area contributed by atoms with E-state index in [0.29, 0.717) is 17.7 Å². The number of rotatable bonds is 5. The van der Waals surface area contributed by atoms with Gasteiger partial charge in [-0.2, -0.15) is 5.26 Å². The molecule has 0 amide bonds. The zero-order chi connectivity index (χ0) is 13.1. The van der Waals surface area contributed by atoms with Gasteiger partial charge in [-0.05, 0) is 39.8 Å². The van der Waals surface area contributed by atoms with E-state index in [1.165, 1.54) is 12.8 Å². The molecule has 1 fully saturated rings. The highest BCUT2D eigenvalue weighted by Gasteiger charge is 2.28. The van der Waals surface area contributed by atoms with Crippen LogP contribution in [-0.4, -0.2) is 40.5 Å². The van der Waals surface area contributed by atoms with E-state index in [-0.39, 0.29) is 0 Å². The lowest BCUT2D eigenvalue weighted by Crippen LogP contribution is -2.36. The molecule has 1 unspecified atom stereocenters. The van der Waals surface area contributed by atoms with E-state index < -0.39 is 0 Å². The quantitative estimate of drug-likeness (QED) is 0.852. The van der Waals surface area contributed by atoms with Gasteiger partial charge >= 0.3 is 0 Å². The van der Waals surface area contributed by atoms with Crippen molar-refractivity contribution in [3.63, 3.8) is 0 Å². The maximum atomic E-state index is 8.86. The molecule has 96 valence electrons. The Morgan fingerprint density at radius 2 is 2.28 bits per heavy atom. The third-order valence-electron chi connectivity index (χ3n) is 3.34. The smallest absolute Gasteiger partial charge is 0.224 e. The van der Waals surface area contributed by atoms with Crippen LogP contribution in [-0.2, 0) is 0 Å². The van der Waals surface area contributed by atoms with E-state index in [9.17, 15) is 0 Å². The maximum Gasteiger partial charge on any atom is 0.224 e. The Morgan fingerprint density at radius 1 is 1.56 bits per heavy atom. The summed E-state index contributed by atoms with van der Waals surface area (Å²) < 4.78 is 0. The summed E-state index contributed by atoms with van der Waals surface area (Å²) in [6.07, 6.45) is 2.61. The van der Waals surface area contributed by atoms with Crippen LogP contribution in [0.5, 0.6) is 0 Å². The molecule has 5 nitrogen and oxygen atoms in total. The summed E-state index contributed by atoms with van der Waals surface area (Å²) >= 11 is 0. The number of hydrogen-bond acceptors (Lipinski definition) is 5. The second-order valence-electron chi connectivity index (χ2n) is 4.96. The Morgan fingerprint density at radius 3 is 2.89 bits per heavy atom. The Labute approximate surface area is 108 Å². The first-order valence-electron chi connectivity index (χ1n) is 6.31. The van der Waals surface area contributed by atoms with Crippen molar-refractivity contribution >= 4 is 5.95 Å². The van der Waals surface area contributed by atoms with Crippen LogP contribution in [0.3, 0.4) is 0 Å². The molecule has 0 spiro atoms. The van der Waals surface area contributed by atoms with E-state index in [1.807, 2.05) is 13.0 Å². The van der Waals surface area contributed by atoms with E-state index in [1.54, 1.807) is 6.07 Å². The molecule has 1 aliphatic carbocycles. The van der Waals surface area contributed by atoms with Gasteiger partial charge in [0.15, 0.2) is 0 Å². The minimum absolute atomic E-state index is 0.410. The van der Waals surface area contributed by atoms with Crippen molar-refractivity contribution in [3.8, 4) is 6.07 Å². The van der Waals surface area contributed by atoms with Gasteiger partial charge in [-0.25, -0.2) is 9.97 Å². The summed E-state index contributed by atoms with van der Waals surface area (Å²) in [6, 6.07) is 4.91. The molecular weight excluding hydrogens is 226 g/mol. The van der Waals surface area contributed by atoms with Crippen molar-refractivity contribution in [1.82, 2.24) is 14.9 Å². The van der Waals surface area contributed by atoms with Crippen molar-refractivity contribution in [1.29, 1.82) is 5.26 Å². The first kappa shape index (κ1) is 12.8. The third kappa shape index (κ3) is 3.17. The van der Waals surface area contributed by atoms with Crippen molar-refractivity contribution < 1.29 is 0 Å². The van der Waals surface area contributed by atoms with Crippen LogP contribution in [0.25, 0.3) is 0 Å². The second-order valence-corrected chi connectivity index (χ2v) is 4.96. The van der Waals surface area contributed by atoms with Gasteiger partial charge in [-0.3, -0.25) is 4.90 Å². The minimum atomic E-state index is 0.410. The zero-order valence-electron chi connectivity index (χ0n) is 11.1. The Hall–Kier alpha value is -1.67. The summed E-state index contributed by atoms with van der Waals surface area (Å²) in [5, 5.41) is 12.1. The first-order chi connectivity index (χ1) is 8.60. The van der Waals surface area contributed by atoms with Crippen LogP contribution in [0.4, 0.5) is 5.95 Å². The van der Waals surface area contributed by atoms with Gasteiger partial charge in [-0.15, -0.1) is 0 Å². The Balaban J connectivity index is 1.93. The van der Waals surface area contributed by atoms with E-state index >= 15 is 0 Å². The van der Waals surface area contributed by atoms with Crippen molar-refractivity contribution in [2.75, 3.05) is 18.9 Å². The van der Waals surface area contributed by atoms with Gasteiger partial charge in [0.1, 0.15) is 11.8 Å². The molecule has 1 aromatic heterocycles. The van der Waals surface area contributed by atoms with E-state index in [0.717, 1.165) is 18.3 Å². The molecule has 0 saturated heterocycles. The van der Waals surface area contributed by atoms with Crippen LogP contribution in [0.1, 0.15) is 31.2 Å². The van der Waals surface area contributed by atoms with Crippen molar-refractivity contribution in [2.24, 2.45) is 0 Å². The van der Waals surface area contributed by atoms with E-state index in [4.69, 9.17) is 5.26 Å². The van der Waals surface area contributed by atoms with Gasteiger partial charge < -0.3 is 5.32 Å². The molecule has 1 aromatic rings. The maximum absolute atomic E-state index is 8.86. The fourth-order valence-corrected chi connectivity index (χ4v) is 1.93. The lowest BCUT2D eigenvalue weighted by atomic mass is 10.3. The predicted molar refractivity (Wildman–Crippen MR) is 70.2 cm³/mol. The molecule has 0 aromatic carbocycles. The van der Waals surface area contributed by atoms with Crippen molar-refractivity contribution in [3.05, 3.63) is 17.5 Å². The molecule has 5 heteroatoms. The number of nitrogens with one attached hydrogen (secondary N) is 1. The van der Waals surface area contributed by atoms with Crippen LogP contribution >= 0.6 is 0 Å². The lowest BCUT2D eigenvalue weighted by Gasteiger charge is -2.24. The zero-order valence-corrected chi connectivity index (χ0v) is 11.1. The molecule has 1 aliphatic rings. The molecule has 18 heavy (non-hydrogen) atoms. The number of nitriles is 1. The van der Waals surface area contributed by atoms with Gasteiger partial charge in [0, 0.05) is 24.3 Å². The fraction of sp³-hybridized carbons (Fsp3) is 0.615. The molecule has 0 aliphatic heterocycles. The third-order valence-corrected chi connectivity index (χ3v) is 3.34. The Kier molecular flexibility index (Phi) is 3.78. The standard InChI is InChI=1S/C13H19N5/c1-9-6-11(7-14)17-13(16-9)15-8-10(2)18(3)12-4-5-12/h6,10,12H,4-5,8H2,1-3H3,(H,15,16,17). The van der Waals surface area contributed by atoms with Gasteiger partial charge in [0.05, 0.1) is 0 Å². The number of aryl methyl sites for hydroxylation is 1. The average molecular weight is 245 g/mol. The number of likely N-dealkylation sites (N-methyl/N-ethyl adjacent to an activating group) is 1. The summed E-state index contributed by atoms with van der Waals surface area (Å²) in [7, 11) is 2.15. The molecule has 2 rings (SSSR count). The molecule has 1 saturated carbocycles. The fourth-order valence-electron chi connectivity index (χ4n) is 1.93. The molecule has 1 heterocycles. The second kappa shape index (κ2) is 5.32. The average Bonchev–Trinajstić information content (AvgIpc) is 3.18. The van der Waals surface area contributed by atoms with Gasteiger partial charge in [-0.1, -0.05) is 0 Å². The topological polar surface area (TPSA) is 64.8 Å². The summed E-state index contributed by atoms with van der Waals surface area (Å²) in [4.78, 5) is 10.8. The molecule has 0 bridgehead atoms. The summed E-state index contributed by atoms with van der Waals surface area (Å²) in [5.41, 5.74) is 1.22. The molecular formula is C13H19N5. The number of hydrogen-bond donors (Lipinski definition) is 1. The van der Waals surface area contributed by atoms with Crippen LogP contribution in [0.2, 0.25) is 0 Å². The molecule has 0 radical (unpaired) electrons. The molecule has 1 atom stereocenters. The first-order valence-corrected chi connectivity index (χ1v) is 6.31. The Bertz CT molecular complexity index is 461. The highest BCUT2D eigenvalue weighted by molar-refractivity contribution is 5.33. The number of anilines is 1. The van der Waals surface area contributed by atoms with Crippen LogP contribution < -0.4 is 5.32 Å². The normalized spacial score (nSPS) is 16.4. The number of nitrogens with zero attached hydrogens (tertiary/aromatic N) is 4. The summed E-state index contributed by atoms with van der Waals surface area (Å²) in [6.45, 7) is 4.85. The number of aromatic nitrogens is 2. The van der Waals surface area contributed by atoms with E-state index in [2.05, 4.69) is 34.2 Å². The van der Waals surface area contributed by atoms with Crippen LogP contribution in [0.15, 0.2) is 6.07 Å². The molecule has 1 N–H and O–H groups in total.